The third-order valence-electron chi connectivity index (χ3n) is 4.34. The zero-order valence-electron chi connectivity index (χ0n) is 12.4. The molecule has 1 aromatic rings. The maximum atomic E-state index is 13.2. The standard InChI is InChI=1S/C14H20F3N3O/c1-4-10-6-7-19(9(10)3)13(21)11-8-18-20(5-2)12(11)14(15,16)17/h8-10H,4-7H2,1-3H3/t9-,10-/m0/s1. The molecule has 2 atom stereocenters. The Kier molecular flexibility index (Phi) is 4.30. The summed E-state index contributed by atoms with van der Waals surface area (Å²) in [5.41, 5.74) is -1.28. The summed E-state index contributed by atoms with van der Waals surface area (Å²) in [4.78, 5) is 14.0. The molecule has 1 saturated heterocycles. The quantitative estimate of drug-likeness (QED) is 0.860. The second-order valence-electron chi connectivity index (χ2n) is 5.42. The van der Waals surface area contributed by atoms with Gasteiger partial charge in [-0.3, -0.25) is 9.48 Å². The van der Waals surface area contributed by atoms with Crippen LogP contribution in [0.25, 0.3) is 0 Å². The van der Waals surface area contributed by atoms with Crippen LogP contribution in [-0.2, 0) is 12.7 Å². The minimum atomic E-state index is -4.58. The lowest BCUT2D eigenvalue weighted by atomic mass is 9.99. The highest BCUT2D eigenvalue weighted by Gasteiger charge is 2.42. The smallest absolute Gasteiger partial charge is 0.336 e. The lowest BCUT2D eigenvalue weighted by Crippen LogP contribution is -2.36. The van der Waals surface area contributed by atoms with Crippen molar-refractivity contribution in [3.05, 3.63) is 17.5 Å². The van der Waals surface area contributed by atoms with Crippen LogP contribution < -0.4 is 0 Å². The average molecular weight is 303 g/mol. The van der Waals surface area contributed by atoms with Gasteiger partial charge in [-0.25, -0.2) is 0 Å². The number of halogens is 3. The van der Waals surface area contributed by atoms with Gasteiger partial charge in [-0.15, -0.1) is 0 Å². The number of hydrogen-bond acceptors (Lipinski definition) is 2. The fourth-order valence-electron chi connectivity index (χ4n) is 3.07. The lowest BCUT2D eigenvalue weighted by Gasteiger charge is -2.24. The van der Waals surface area contributed by atoms with Gasteiger partial charge >= 0.3 is 6.18 Å². The number of nitrogens with zero attached hydrogens (tertiary/aromatic N) is 3. The van der Waals surface area contributed by atoms with Crippen molar-refractivity contribution in [3.63, 3.8) is 0 Å². The van der Waals surface area contributed by atoms with Gasteiger partial charge in [0.1, 0.15) is 0 Å². The molecule has 0 aromatic carbocycles. The van der Waals surface area contributed by atoms with Crippen molar-refractivity contribution in [1.29, 1.82) is 0 Å². The van der Waals surface area contributed by atoms with Gasteiger partial charge in [-0.1, -0.05) is 13.3 Å². The third kappa shape index (κ3) is 2.78. The molecule has 0 unspecified atom stereocenters. The first-order valence-electron chi connectivity index (χ1n) is 7.25. The fraction of sp³-hybridized carbons (Fsp3) is 0.714. The van der Waals surface area contributed by atoms with Crippen LogP contribution in [0, 0.1) is 5.92 Å². The van der Waals surface area contributed by atoms with Crippen LogP contribution in [0.15, 0.2) is 6.20 Å². The molecule has 1 amide bonds. The number of carbonyl (C=O) groups is 1. The van der Waals surface area contributed by atoms with Gasteiger partial charge in [0.2, 0.25) is 0 Å². The maximum Gasteiger partial charge on any atom is 0.433 e. The molecular formula is C14H20F3N3O. The van der Waals surface area contributed by atoms with Crippen molar-refractivity contribution in [2.75, 3.05) is 6.54 Å². The molecule has 4 nitrogen and oxygen atoms in total. The summed E-state index contributed by atoms with van der Waals surface area (Å²) in [6.45, 7) is 6.09. The molecule has 1 fully saturated rings. The summed E-state index contributed by atoms with van der Waals surface area (Å²) in [6.07, 6.45) is -1.77. The molecule has 21 heavy (non-hydrogen) atoms. The molecule has 1 aliphatic rings. The zero-order chi connectivity index (χ0) is 15.8. The predicted molar refractivity (Wildman–Crippen MR) is 71.8 cm³/mol. The molecule has 1 aromatic heterocycles. The molecule has 0 N–H and O–H groups in total. The highest BCUT2D eigenvalue weighted by molar-refractivity contribution is 5.95. The first-order chi connectivity index (χ1) is 9.81. The first-order valence-corrected chi connectivity index (χ1v) is 7.25. The number of aromatic nitrogens is 2. The van der Waals surface area contributed by atoms with E-state index in [-0.39, 0.29) is 18.2 Å². The van der Waals surface area contributed by atoms with Crippen molar-refractivity contribution < 1.29 is 18.0 Å². The van der Waals surface area contributed by atoms with E-state index in [0.29, 0.717) is 12.5 Å². The zero-order valence-corrected chi connectivity index (χ0v) is 12.4. The van der Waals surface area contributed by atoms with E-state index < -0.39 is 17.8 Å². The minimum Gasteiger partial charge on any atom is -0.336 e. The van der Waals surface area contributed by atoms with Gasteiger partial charge in [-0.2, -0.15) is 18.3 Å². The van der Waals surface area contributed by atoms with E-state index in [0.717, 1.165) is 23.7 Å². The van der Waals surface area contributed by atoms with Crippen LogP contribution in [0.5, 0.6) is 0 Å². The number of amides is 1. The van der Waals surface area contributed by atoms with Gasteiger partial charge in [-0.05, 0) is 26.2 Å². The summed E-state index contributed by atoms with van der Waals surface area (Å²) < 4.78 is 40.4. The lowest BCUT2D eigenvalue weighted by molar-refractivity contribution is -0.144. The van der Waals surface area contributed by atoms with Crippen LogP contribution in [-0.4, -0.2) is 33.2 Å². The molecular weight excluding hydrogens is 283 g/mol. The number of likely N-dealkylation sites (tertiary alicyclic amines) is 1. The molecule has 0 bridgehead atoms. The minimum absolute atomic E-state index is 0.0337. The topological polar surface area (TPSA) is 38.1 Å². The first kappa shape index (κ1) is 15.9. The van der Waals surface area contributed by atoms with Crippen LogP contribution in [0.3, 0.4) is 0 Å². The van der Waals surface area contributed by atoms with E-state index in [1.807, 2.05) is 13.8 Å². The summed E-state index contributed by atoms with van der Waals surface area (Å²) in [5, 5.41) is 3.71. The van der Waals surface area contributed by atoms with E-state index in [1.165, 1.54) is 0 Å². The number of rotatable bonds is 3. The van der Waals surface area contributed by atoms with Gasteiger partial charge in [0.15, 0.2) is 5.69 Å². The average Bonchev–Trinajstić information content (AvgIpc) is 3.00. The van der Waals surface area contributed by atoms with Crippen molar-refractivity contribution in [3.8, 4) is 0 Å². The van der Waals surface area contributed by atoms with Crippen molar-refractivity contribution in [2.45, 2.75) is 52.4 Å². The van der Waals surface area contributed by atoms with Gasteiger partial charge in [0, 0.05) is 19.1 Å². The monoisotopic (exact) mass is 303 g/mol. The molecule has 2 rings (SSSR count). The van der Waals surface area contributed by atoms with E-state index in [4.69, 9.17) is 0 Å². The molecule has 7 heteroatoms. The molecule has 0 spiro atoms. The fourth-order valence-corrected chi connectivity index (χ4v) is 3.07. The van der Waals surface area contributed by atoms with Crippen molar-refractivity contribution in [2.24, 2.45) is 5.92 Å². The summed E-state index contributed by atoms with van der Waals surface area (Å²) in [7, 11) is 0. The van der Waals surface area contributed by atoms with Gasteiger partial charge in [0.05, 0.1) is 11.8 Å². The summed E-state index contributed by atoms with van der Waals surface area (Å²) >= 11 is 0. The summed E-state index contributed by atoms with van der Waals surface area (Å²) in [5.74, 6) is -0.213. The molecule has 118 valence electrons. The second-order valence-corrected chi connectivity index (χ2v) is 5.42. The predicted octanol–water partition coefficient (Wildman–Crippen LogP) is 3.18. The highest BCUT2D eigenvalue weighted by Crippen LogP contribution is 2.34. The number of carbonyl (C=O) groups excluding carboxylic acids is 1. The van der Waals surface area contributed by atoms with Crippen molar-refractivity contribution >= 4 is 5.91 Å². The molecule has 0 radical (unpaired) electrons. The maximum absolute atomic E-state index is 13.2. The molecule has 2 heterocycles. The molecule has 1 aliphatic heterocycles. The Labute approximate surface area is 121 Å². The molecule has 0 aliphatic carbocycles. The van der Waals surface area contributed by atoms with Crippen LogP contribution >= 0.6 is 0 Å². The third-order valence-corrected chi connectivity index (χ3v) is 4.34. The Balaban J connectivity index is 2.35. The van der Waals surface area contributed by atoms with Crippen LogP contribution in [0.4, 0.5) is 13.2 Å². The largest absolute Gasteiger partial charge is 0.433 e. The highest BCUT2D eigenvalue weighted by atomic mass is 19.4. The SMILES string of the molecule is CC[C@H]1CCN(C(=O)c2cnn(CC)c2C(F)(F)F)[C@H]1C. The van der Waals surface area contributed by atoms with E-state index >= 15 is 0 Å². The summed E-state index contributed by atoms with van der Waals surface area (Å²) in [6, 6.07) is -0.0337. The van der Waals surface area contributed by atoms with Crippen LogP contribution in [0.2, 0.25) is 0 Å². The Hall–Kier alpha value is -1.53. The number of aryl methyl sites for hydroxylation is 1. The Morgan fingerprint density at radius 2 is 2.10 bits per heavy atom. The van der Waals surface area contributed by atoms with Crippen LogP contribution in [0.1, 0.15) is 49.7 Å². The number of hydrogen-bond donors (Lipinski definition) is 0. The van der Waals surface area contributed by atoms with Crippen molar-refractivity contribution in [1.82, 2.24) is 14.7 Å². The van der Waals surface area contributed by atoms with Gasteiger partial charge < -0.3 is 4.90 Å². The normalized spacial score (nSPS) is 22.9. The molecule has 0 saturated carbocycles. The van der Waals surface area contributed by atoms with E-state index in [1.54, 1.807) is 11.8 Å². The van der Waals surface area contributed by atoms with E-state index in [2.05, 4.69) is 5.10 Å². The Morgan fingerprint density at radius 1 is 1.43 bits per heavy atom. The van der Waals surface area contributed by atoms with E-state index in [9.17, 15) is 18.0 Å². The van der Waals surface area contributed by atoms with Gasteiger partial charge in [0.25, 0.3) is 5.91 Å². The Bertz CT molecular complexity index is 524. The second kappa shape index (κ2) is 5.69. The number of alkyl halides is 3. The Morgan fingerprint density at radius 3 is 2.57 bits per heavy atom.